The van der Waals surface area contributed by atoms with Gasteiger partial charge < -0.3 is 4.42 Å². The van der Waals surface area contributed by atoms with Crippen LogP contribution in [0, 0.1) is 0 Å². The lowest BCUT2D eigenvalue weighted by molar-refractivity contribution is 0.671. The molecule has 2 heteroatoms. The van der Waals surface area contributed by atoms with Gasteiger partial charge in [0.2, 0.25) is 0 Å². The van der Waals surface area contributed by atoms with Crippen LogP contribution in [0.25, 0.3) is 55.4 Å². The molecule has 0 amide bonds. The molecule has 6 aromatic rings. The lowest BCUT2D eigenvalue weighted by atomic mass is 10.0. The molecule has 0 aliphatic heterocycles. The fourth-order valence-electron chi connectivity index (χ4n) is 4.25. The summed E-state index contributed by atoms with van der Waals surface area (Å²) >= 11 is 0. The lowest BCUT2D eigenvalue weighted by Crippen LogP contribution is -1.86. The van der Waals surface area contributed by atoms with Crippen molar-refractivity contribution in [1.29, 1.82) is 0 Å². The van der Waals surface area contributed by atoms with Crippen LogP contribution >= 0.6 is 0 Å². The van der Waals surface area contributed by atoms with Crippen LogP contribution in [-0.4, -0.2) is 4.98 Å². The molecule has 0 radical (unpaired) electrons. The molecule has 0 atom stereocenters. The molecule has 0 saturated carbocycles. The van der Waals surface area contributed by atoms with Gasteiger partial charge in [0.25, 0.3) is 0 Å². The van der Waals surface area contributed by atoms with E-state index in [2.05, 4.69) is 96.0 Å². The van der Waals surface area contributed by atoms with Gasteiger partial charge in [-0.1, -0.05) is 91.0 Å². The van der Waals surface area contributed by atoms with Gasteiger partial charge in [-0.3, -0.25) is 4.98 Å². The molecule has 6 rings (SSSR count). The van der Waals surface area contributed by atoms with E-state index < -0.39 is 0 Å². The molecular weight excluding hydrogens is 378 g/mol. The highest BCUT2D eigenvalue weighted by Gasteiger charge is 2.16. The van der Waals surface area contributed by atoms with Gasteiger partial charge in [0.1, 0.15) is 11.2 Å². The van der Waals surface area contributed by atoms with E-state index >= 15 is 0 Å². The van der Waals surface area contributed by atoms with E-state index in [0.29, 0.717) is 0 Å². The van der Waals surface area contributed by atoms with Crippen molar-refractivity contribution in [3.8, 4) is 33.5 Å². The first-order valence-electron chi connectivity index (χ1n) is 10.4. The van der Waals surface area contributed by atoms with Crippen LogP contribution in [0.4, 0.5) is 0 Å². The summed E-state index contributed by atoms with van der Waals surface area (Å²) in [6.07, 6.45) is 1.87. The molecule has 0 fully saturated rings. The van der Waals surface area contributed by atoms with Crippen molar-refractivity contribution in [2.24, 2.45) is 0 Å². The van der Waals surface area contributed by atoms with Gasteiger partial charge in [-0.15, -0.1) is 0 Å². The summed E-state index contributed by atoms with van der Waals surface area (Å²) in [5, 5.41) is 2.23. The van der Waals surface area contributed by atoms with E-state index in [-0.39, 0.29) is 0 Å². The van der Waals surface area contributed by atoms with Gasteiger partial charge in [0.05, 0.1) is 5.69 Å². The van der Waals surface area contributed by atoms with Crippen molar-refractivity contribution in [1.82, 2.24) is 4.98 Å². The van der Waals surface area contributed by atoms with Crippen molar-refractivity contribution in [3.63, 3.8) is 0 Å². The Kier molecular flexibility index (Phi) is 4.14. The second kappa shape index (κ2) is 7.26. The fourth-order valence-corrected chi connectivity index (χ4v) is 4.25. The minimum atomic E-state index is 0.874. The summed E-state index contributed by atoms with van der Waals surface area (Å²) in [4.78, 5) is 4.68. The van der Waals surface area contributed by atoms with Crippen LogP contribution in [0.3, 0.4) is 0 Å². The molecule has 2 heterocycles. The number of hydrogen-bond donors (Lipinski definition) is 0. The Hall–Kier alpha value is -4.17. The van der Waals surface area contributed by atoms with Crippen molar-refractivity contribution >= 4 is 21.9 Å². The third-order valence-electron chi connectivity index (χ3n) is 5.75. The maximum Gasteiger partial charge on any atom is 0.144 e. The number of nitrogens with zero attached hydrogens (tertiary/aromatic N) is 1. The Bertz CT molecular complexity index is 1510. The predicted octanol–water partition coefficient (Wildman–Crippen LogP) is 7.98. The molecule has 0 aliphatic rings. The Morgan fingerprint density at radius 1 is 0.484 bits per heavy atom. The molecule has 0 N–H and O–H groups in total. The van der Waals surface area contributed by atoms with Crippen LogP contribution in [0.1, 0.15) is 0 Å². The van der Waals surface area contributed by atoms with E-state index in [1.165, 1.54) is 5.56 Å². The summed E-state index contributed by atoms with van der Waals surface area (Å²) in [5.41, 5.74) is 8.27. The predicted molar refractivity (Wildman–Crippen MR) is 128 cm³/mol. The summed E-state index contributed by atoms with van der Waals surface area (Å²) in [6.45, 7) is 0. The quantitative estimate of drug-likeness (QED) is 0.302. The monoisotopic (exact) mass is 397 g/mol. The van der Waals surface area contributed by atoms with E-state index in [1.807, 2.05) is 24.4 Å². The number of furan rings is 1. The van der Waals surface area contributed by atoms with Gasteiger partial charge in [-0.25, -0.2) is 0 Å². The Balaban J connectivity index is 1.58. The van der Waals surface area contributed by atoms with Crippen molar-refractivity contribution in [2.45, 2.75) is 0 Å². The smallest absolute Gasteiger partial charge is 0.144 e. The molecule has 0 unspecified atom stereocenters. The van der Waals surface area contributed by atoms with Crippen LogP contribution < -0.4 is 0 Å². The van der Waals surface area contributed by atoms with E-state index in [4.69, 9.17) is 4.42 Å². The largest absolute Gasteiger partial charge is 0.455 e. The Morgan fingerprint density at radius 2 is 1.10 bits per heavy atom. The minimum absolute atomic E-state index is 0.874. The highest BCUT2D eigenvalue weighted by Crippen LogP contribution is 2.39. The average molecular weight is 397 g/mol. The maximum absolute atomic E-state index is 6.53. The SMILES string of the molecule is c1ccc(-c2ccnc(-c3cccc4c3oc3c(-c5ccccc5)cccc34)c2)cc1. The molecule has 0 aliphatic carbocycles. The zero-order valence-electron chi connectivity index (χ0n) is 16.8. The normalized spacial score (nSPS) is 11.2. The van der Waals surface area contributed by atoms with Gasteiger partial charge >= 0.3 is 0 Å². The number of pyridine rings is 1. The maximum atomic E-state index is 6.53. The molecule has 146 valence electrons. The van der Waals surface area contributed by atoms with E-state index in [1.54, 1.807) is 0 Å². The number of para-hydroxylation sites is 2. The second-order valence-electron chi connectivity index (χ2n) is 7.63. The zero-order chi connectivity index (χ0) is 20.6. The topological polar surface area (TPSA) is 26.0 Å². The van der Waals surface area contributed by atoms with E-state index in [0.717, 1.165) is 49.9 Å². The van der Waals surface area contributed by atoms with Gasteiger partial charge in [-0.05, 0) is 34.9 Å². The van der Waals surface area contributed by atoms with Gasteiger partial charge in [-0.2, -0.15) is 0 Å². The fraction of sp³-hybridized carbons (Fsp3) is 0. The first kappa shape index (κ1) is 17.7. The number of hydrogen-bond acceptors (Lipinski definition) is 2. The Morgan fingerprint density at radius 3 is 1.81 bits per heavy atom. The van der Waals surface area contributed by atoms with E-state index in [9.17, 15) is 0 Å². The molecule has 2 aromatic heterocycles. The molecule has 0 saturated heterocycles. The molecule has 0 spiro atoms. The first-order chi connectivity index (χ1) is 15.4. The zero-order valence-corrected chi connectivity index (χ0v) is 16.8. The lowest BCUT2D eigenvalue weighted by Gasteiger charge is -2.06. The summed E-state index contributed by atoms with van der Waals surface area (Å²) in [7, 11) is 0. The standard InChI is InChI=1S/C29H19NO/c1-3-9-20(10-4-1)22-17-18-30-27(19-22)26-16-8-15-25-24-14-7-13-23(28(24)31-29(25)26)21-11-5-2-6-12-21/h1-19H. The number of fused-ring (bicyclic) bond motifs is 3. The molecular formula is C29H19NO. The van der Waals surface area contributed by atoms with Crippen molar-refractivity contribution < 1.29 is 4.42 Å². The highest BCUT2D eigenvalue weighted by atomic mass is 16.3. The third-order valence-corrected chi connectivity index (χ3v) is 5.75. The van der Waals surface area contributed by atoms with Crippen molar-refractivity contribution in [3.05, 3.63) is 115 Å². The summed E-state index contributed by atoms with van der Waals surface area (Å²) in [5.74, 6) is 0. The number of aromatic nitrogens is 1. The molecule has 0 bridgehead atoms. The Labute approximate surface area is 180 Å². The second-order valence-corrected chi connectivity index (χ2v) is 7.63. The van der Waals surface area contributed by atoms with Crippen LogP contribution in [0.2, 0.25) is 0 Å². The van der Waals surface area contributed by atoms with Crippen molar-refractivity contribution in [2.75, 3.05) is 0 Å². The molecule has 2 nitrogen and oxygen atoms in total. The molecule has 4 aromatic carbocycles. The van der Waals surface area contributed by atoms with Crippen LogP contribution in [-0.2, 0) is 0 Å². The minimum Gasteiger partial charge on any atom is -0.455 e. The number of benzene rings is 4. The number of rotatable bonds is 3. The summed E-state index contributed by atoms with van der Waals surface area (Å²) < 4.78 is 6.53. The summed E-state index contributed by atoms with van der Waals surface area (Å²) in [6, 6.07) is 37.6. The van der Waals surface area contributed by atoms with Gasteiger partial charge in [0.15, 0.2) is 0 Å². The van der Waals surface area contributed by atoms with Crippen LogP contribution in [0.5, 0.6) is 0 Å². The van der Waals surface area contributed by atoms with Crippen LogP contribution in [0.15, 0.2) is 120 Å². The highest BCUT2D eigenvalue weighted by molar-refractivity contribution is 6.12. The third kappa shape index (κ3) is 3.01. The first-order valence-corrected chi connectivity index (χ1v) is 10.4. The average Bonchev–Trinajstić information content (AvgIpc) is 3.24. The molecule has 31 heavy (non-hydrogen) atoms. The van der Waals surface area contributed by atoms with Gasteiger partial charge in [0, 0.05) is 28.1 Å².